The third-order valence-corrected chi connectivity index (χ3v) is 3.69. The molecule has 3 heterocycles. The average molecular weight is 272 g/mol. The zero-order valence-corrected chi connectivity index (χ0v) is 10.8. The van der Waals surface area contributed by atoms with Crippen LogP contribution in [-0.2, 0) is 11.8 Å². The summed E-state index contributed by atoms with van der Waals surface area (Å²) in [6, 6.07) is 5.53. The minimum Gasteiger partial charge on any atom is -0.454 e. The molecule has 1 aromatic carbocycles. The fourth-order valence-electron chi connectivity index (χ4n) is 2.73. The molecule has 0 bridgehead atoms. The summed E-state index contributed by atoms with van der Waals surface area (Å²) in [4.78, 5) is 11.8. The molecule has 0 spiro atoms. The first kappa shape index (κ1) is 11.3. The van der Waals surface area contributed by atoms with Crippen molar-refractivity contribution in [1.29, 1.82) is 0 Å². The van der Waals surface area contributed by atoms with E-state index >= 15 is 0 Å². The van der Waals surface area contributed by atoms with Crippen LogP contribution in [0.4, 0.5) is 0 Å². The van der Waals surface area contributed by atoms with Gasteiger partial charge in [-0.2, -0.15) is 5.10 Å². The highest BCUT2D eigenvalue weighted by atomic mass is 16.7. The van der Waals surface area contributed by atoms with Crippen LogP contribution in [0.15, 0.2) is 24.4 Å². The van der Waals surface area contributed by atoms with Crippen LogP contribution in [0.25, 0.3) is 0 Å². The second-order valence-corrected chi connectivity index (χ2v) is 4.85. The van der Waals surface area contributed by atoms with Gasteiger partial charge in [-0.3, -0.25) is 9.48 Å². The molecule has 2 aromatic rings. The molecule has 0 unspecified atom stereocenters. The van der Waals surface area contributed by atoms with Crippen LogP contribution < -0.4 is 14.2 Å². The monoisotopic (exact) mass is 272 g/mol. The number of aryl methyl sites for hydroxylation is 1. The molecule has 20 heavy (non-hydrogen) atoms. The Morgan fingerprint density at radius 1 is 1.25 bits per heavy atom. The van der Waals surface area contributed by atoms with E-state index in [1.165, 1.54) is 0 Å². The Balaban J connectivity index is 1.88. The van der Waals surface area contributed by atoms with Gasteiger partial charge >= 0.3 is 5.97 Å². The van der Waals surface area contributed by atoms with Crippen LogP contribution in [0.1, 0.15) is 23.6 Å². The normalized spacial score (nSPS) is 19.6. The highest BCUT2D eigenvalue weighted by molar-refractivity contribution is 5.78. The first-order valence-corrected chi connectivity index (χ1v) is 6.34. The van der Waals surface area contributed by atoms with Crippen LogP contribution in [0.3, 0.4) is 0 Å². The van der Waals surface area contributed by atoms with Gasteiger partial charge in [-0.25, -0.2) is 0 Å². The molecule has 102 valence electrons. The zero-order chi connectivity index (χ0) is 13.7. The standard InChI is InChI=1S/C14H12N2O4/c1-16-10(2-3-15-16)8-5-14(17)20-11-6-13-12(4-9(8)11)18-7-19-13/h2-4,6,8H,5,7H2,1H3/t8-/m0/s1. The Morgan fingerprint density at radius 2 is 2.05 bits per heavy atom. The number of esters is 1. The number of carbonyl (C=O) groups excluding carboxylic acids is 1. The van der Waals surface area contributed by atoms with Crippen molar-refractivity contribution < 1.29 is 19.0 Å². The van der Waals surface area contributed by atoms with Crippen molar-refractivity contribution in [1.82, 2.24) is 9.78 Å². The van der Waals surface area contributed by atoms with Crippen molar-refractivity contribution >= 4 is 5.97 Å². The maximum atomic E-state index is 11.8. The molecule has 1 atom stereocenters. The largest absolute Gasteiger partial charge is 0.454 e. The van der Waals surface area contributed by atoms with Crippen LogP contribution in [0.2, 0.25) is 0 Å². The van der Waals surface area contributed by atoms with Crippen LogP contribution in [0, 0.1) is 0 Å². The highest BCUT2D eigenvalue weighted by Crippen LogP contribution is 2.45. The van der Waals surface area contributed by atoms with Crippen molar-refractivity contribution in [3.8, 4) is 17.2 Å². The molecule has 4 rings (SSSR count). The number of rotatable bonds is 1. The lowest BCUT2D eigenvalue weighted by Gasteiger charge is -2.24. The molecule has 0 N–H and O–H groups in total. The smallest absolute Gasteiger partial charge is 0.312 e. The van der Waals surface area contributed by atoms with E-state index in [1.807, 2.05) is 19.2 Å². The van der Waals surface area contributed by atoms with Gasteiger partial charge in [-0.05, 0) is 12.1 Å². The fourth-order valence-corrected chi connectivity index (χ4v) is 2.73. The van der Waals surface area contributed by atoms with Gasteiger partial charge in [-0.1, -0.05) is 0 Å². The number of benzene rings is 1. The Bertz CT molecular complexity index is 707. The Labute approximate surface area is 114 Å². The third kappa shape index (κ3) is 1.57. The predicted molar refractivity (Wildman–Crippen MR) is 67.9 cm³/mol. The molecule has 2 aliphatic rings. The maximum Gasteiger partial charge on any atom is 0.312 e. The van der Waals surface area contributed by atoms with Gasteiger partial charge in [0.25, 0.3) is 0 Å². The number of fused-ring (bicyclic) bond motifs is 2. The van der Waals surface area contributed by atoms with Crippen molar-refractivity contribution in [3.63, 3.8) is 0 Å². The van der Waals surface area contributed by atoms with Gasteiger partial charge in [0.1, 0.15) is 5.75 Å². The maximum absolute atomic E-state index is 11.8. The SMILES string of the molecule is Cn1nccc1[C@H]1CC(=O)Oc2cc3c(cc21)OCO3. The molecule has 0 saturated carbocycles. The number of hydrogen-bond donors (Lipinski definition) is 0. The van der Waals surface area contributed by atoms with E-state index in [1.54, 1.807) is 16.9 Å². The molecule has 6 heteroatoms. The topological polar surface area (TPSA) is 62.6 Å². The number of aromatic nitrogens is 2. The number of nitrogens with zero attached hydrogens (tertiary/aromatic N) is 2. The molecule has 0 radical (unpaired) electrons. The number of hydrogen-bond acceptors (Lipinski definition) is 5. The molecular formula is C14H12N2O4. The highest BCUT2D eigenvalue weighted by Gasteiger charge is 2.32. The lowest BCUT2D eigenvalue weighted by molar-refractivity contribution is -0.135. The summed E-state index contributed by atoms with van der Waals surface area (Å²) in [5.74, 6) is 1.52. The predicted octanol–water partition coefficient (Wildman–Crippen LogP) is 1.59. The zero-order valence-electron chi connectivity index (χ0n) is 10.8. The number of carbonyl (C=O) groups is 1. The summed E-state index contributed by atoms with van der Waals surface area (Å²) in [5, 5.41) is 4.17. The third-order valence-electron chi connectivity index (χ3n) is 3.69. The van der Waals surface area contributed by atoms with Crippen molar-refractivity contribution in [2.75, 3.05) is 6.79 Å². The molecule has 0 amide bonds. The molecule has 0 fully saturated rings. The Hall–Kier alpha value is -2.50. The van der Waals surface area contributed by atoms with Crippen molar-refractivity contribution in [2.24, 2.45) is 7.05 Å². The first-order chi connectivity index (χ1) is 9.72. The summed E-state index contributed by atoms with van der Waals surface area (Å²) in [6.07, 6.45) is 2.02. The molecule has 6 nitrogen and oxygen atoms in total. The second kappa shape index (κ2) is 4.00. The second-order valence-electron chi connectivity index (χ2n) is 4.85. The summed E-state index contributed by atoms with van der Waals surface area (Å²) in [7, 11) is 1.86. The van der Waals surface area contributed by atoms with Crippen LogP contribution >= 0.6 is 0 Å². The summed E-state index contributed by atoms with van der Waals surface area (Å²) in [6.45, 7) is 0.197. The summed E-state index contributed by atoms with van der Waals surface area (Å²) < 4.78 is 17.8. The Morgan fingerprint density at radius 3 is 2.80 bits per heavy atom. The van der Waals surface area contributed by atoms with E-state index in [4.69, 9.17) is 14.2 Å². The quantitative estimate of drug-likeness (QED) is 0.582. The summed E-state index contributed by atoms with van der Waals surface area (Å²) in [5.41, 5.74) is 1.90. The van der Waals surface area contributed by atoms with Crippen LogP contribution in [0.5, 0.6) is 17.2 Å². The van der Waals surface area contributed by atoms with E-state index in [-0.39, 0.29) is 18.7 Å². The van der Waals surface area contributed by atoms with Gasteiger partial charge in [0.2, 0.25) is 6.79 Å². The van der Waals surface area contributed by atoms with Gasteiger partial charge in [0.15, 0.2) is 11.5 Å². The van der Waals surface area contributed by atoms with E-state index in [0.717, 1.165) is 11.3 Å². The molecule has 0 aliphatic carbocycles. The minimum absolute atomic E-state index is 0.0757. The lowest BCUT2D eigenvalue weighted by Crippen LogP contribution is -2.22. The van der Waals surface area contributed by atoms with Gasteiger partial charge in [0.05, 0.1) is 6.42 Å². The number of ether oxygens (including phenoxy) is 3. The lowest BCUT2D eigenvalue weighted by atomic mass is 9.89. The fraction of sp³-hybridized carbons (Fsp3) is 0.286. The van der Waals surface area contributed by atoms with E-state index < -0.39 is 0 Å². The van der Waals surface area contributed by atoms with E-state index in [0.29, 0.717) is 23.7 Å². The molecular weight excluding hydrogens is 260 g/mol. The van der Waals surface area contributed by atoms with Gasteiger partial charge < -0.3 is 14.2 Å². The summed E-state index contributed by atoms with van der Waals surface area (Å²) >= 11 is 0. The van der Waals surface area contributed by atoms with Gasteiger partial charge in [-0.15, -0.1) is 0 Å². The molecule has 0 saturated heterocycles. The van der Waals surface area contributed by atoms with Gasteiger partial charge in [0, 0.05) is 36.5 Å². The molecule has 2 aliphatic heterocycles. The Kier molecular flexibility index (Phi) is 2.26. The van der Waals surface area contributed by atoms with E-state index in [9.17, 15) is 4.79 Å². The molecule has 1 aromatic heterocycles. The van der Waals surface area contributed by atoms with Crippen molar-refractivity contribution in [2.45, 2.75) is 12.3 Å². The van der Waals surface area contributed by atoms with Crippen LogP contribution in [-0.4, -0.2) is 22.5 Å². The van der Waals surface area contributed by atoms with Crippen molar-refractivity contribution in [3.05, 3.63) is 35.7 Å². The first-order valence-electron chi connectivity index (χ1n) is 6.34. The van der Waals surface area contributed by atoms with E-state index in [2.05, 4.69) is 5.10 Å². The average Bonchev–Trinajstić information content (AvgIpc) is 3.03. The minimum atomic E-state index is -0.248.